The van der Waals surface area contributed by atoms with E-state index in [1.165, 1.54) is 12.1 Å². The number of benzene rings is 1. The Hall–Kier alpha value is -2.30. The van der Waals surface area contributed by atoms with Gasteiger partial charge in [0.15, 0.2) is 0 Å². The fourth-order valence-corrected chi connectivity index (χ4v) is 2.19. The number of ether oxygens (including phenoxy) is 1. The van der Waals surface area contributed by atoms with Crippen LogP contribution in [0.5, 0.6) is 0 Å². The van der Waals surface area contributed by atoms with Crippen LogP contribution in [0.25, 0.3) is 0 Å². The summed E-state index contributed by atoms with van der Waals surface area (Å²) in [6, 6.07) is 3.53. The number of hydrogen-bond acceptors (Lipinski definition) is 8. The molecule has 0 radical (unpaired) electrons. The Labute approximate surface area is 144 Å². The molecule has 10 heteroatoms. The summed E-state index contributed by atoms with van der Waals surface area (Å²) in [5.41, 5.74) is -0.370. The van der Waals surface area contributed by atoms with Gasteiger partial charge in [-0.25, -0.2) is 0 Å². The monoisotopic (exact) mass is 357 g/mol. The zero-order valence-electron chi connectivity index (χ0n) is 14.0. The van der Waals surface area contributed by atoms with Crippen molar-refractivity contribution >= 4 is 17.1 Å². The van der Waals surface area contributed by atoms with E-state index in [1.807, 2.05) is 0 Å². The maximum atomic E-state index is 11.1. The Morgan fingerprint density at radius 3 is 2.52 bits per heavy atom. The second kappa shape index (κ2) is 10.5. The molecule has 0 heterocycles. The van der Waals surface area contributed by atoms with Gasteiger partial charge in [0.1, 0.15) is 5.69 Å². The number of nitro benzene ring substituents is 2. The minimum Gasteiger partial charge on any atom is -0.394 e. The van der Waals surface area contributed by atoms with Crippen LogP contribution in [-0.2, 0) is 4.74 Å². The zero-order chi connectivity index (χ0) is 18.8. The third kappa shape index (κ3) is 6.99. The van der Waals surface area contributed by atoms with Crippen molar-refractivity contribution < 1.29 is 24.8 Å². The lowest BCUT2D eigenvalue weighted by molar-refractivity contribution is -0.393. The highest BCUT2D eigenvalue weighted by Crippen LogP contribution is 2.31. The van der Waals surface area contributed by atoms with Crippen LogP contribution in [0.2, 0.25) is 0 Å². The lowest BCUT2D eigenvalue weighted by Gasteiger charge is -2.19. The molecule has 0 spiro atoms. The molecule has 10 nitrogen and oxygen atoms in total. The molecular weight excluding hydrogens is 334 g/mol. The van der Waals surface area contributed by atoms with Gasteiger partial charge >= 0.3 is 0 Å². The van der Waals surface area contributed by atoms with Crippen molar-refractivity contribution in [3.8, 4) is 0 Å². The molecule has 0 saturated carbocycles. The largest absolute Gasteiger partial charge is 0.394 e. The predicted octanol–water partition coefficient (Wildman–Crippen LogP) is 1.48. The molecule has 1 atom stereocenters. The van der Waals surface area contributed by atoms with Gasteiger partial charge in [0.25, 0.3) is 11.4 Å². The Balaban J connectivity index is 2.45. The van der Waals surface area contributed by atoms with Gasteiger partial charge in [-0.1, -0.05) is 0 Å². The smallest absolute Gasteiger partial charge is 0.299 e. The summed E-state index contributed by atoms with van der Waals surface area (Å²) in [6.45, 7) is 0.957. The van der Waals surface area contributed by atoms with E-state index in [0.29, 0.717) is 26.2 Å². The summed E-state index contributed by atoms with van der Waals surface area (Å²) >= 11 is 0. The van der Waals surface area contributed by atoms with Crippen molar-refractivity contribution in [1.29, 1.82) is 0 Å². The standard InChI is InChI=1S/C15H23N3O7/c1-16(7-9-25-8-3-2-4-13(20)11-19)14-6-5-12(17(21)22)10-15(14)18(23)24/h5-6,10,13,19-20H,2-4,7-9,11H2,1H3. The van der Waals surface area contributed by atoms with Crippen LogP contribution in [-0.4, -0.2) is 59.6 Å². The van der Waals surface area contributed by atoms with E-state index in [9.17, 15) is 25.3 Å². The molecule has 0 aliphatic heterocycles. The fraction of sp³-hybridized carbons (Fsp3) is 0.600. The Kier molecular flexibility index (Phi) is 8.75. The molecule has 0 fully saturated rings. The van der Waals surface area contributed by atoms with Crippen molar-refractivity contribution in [2.75, 3.05) is 38.3 Å². The molecular formula is C15H23N3O7. The van der Waals surface area contributed by atoms with Crippen LogP contribution in [0.15, 0.2) is 18.2 Å². The van der Waals surface area contributed by atoms with E-state index >= 15 is 0 Å². The van der Waals surface area contributed by atoms with Gasteiger partial charge in [-0.2, -0.15) is 0 Å². The lowest BCUT2D eigenvalue weighted by Crippen LogP contribution is -2.23. The van der Waals surface area contributed by atoms with Crippen molar-refractivity contribution in [1.82, 2.24) is 0 Å². The Bertz CT molecular complexity index is 582. The van der Waals surface area contributed by atoms with E-state index in [4.69, 9.17) is 9.84 Å². The minimum atomic E-state index is -0.700. The molecule has 140 valence electrons. The van der Waals surface area contributed by atoms with Gasteiger partial charge in [-0.3, -0.25) is 20.2 Å². The van der Waals surface area contributed by atoms with E-state index in [0.717, 1.165) is 18.9 Å². The maximum Gasteiger partial charge on any atom is 0.299 e. The second-order valence-electron chi connectivity index (χ2n) is 5.55. The van der Waals surface area contributed by atoms with Gasteiger partial charge in [-0.05, 0) is 25.3 Å². The number of hydrogen-bond donors (Lipinski definition) is 2. The van der Waals surface area contributed by atoms with Gasteiger partial charge in [0.05, 0.1) is 35.2 Å². The number of anilines is 1. The molecule has 0 aromatic heterocycles. The summed E-state index contributed by atoms with van der Waals surface area (Å²) in [6.07, 6.45) is 1.27. The number of likely N-dealkylation sites (N-methyl/N-ethyl adjacent to an activating group) is 1. The van der Waals surface area contributed by atoms with Crippen LogP contribution in [0.1, 0.15) is 19.3 Å². The number of nitrogens with zero attached hydrogens (tertiary/aromatic N) is 3. The molecule has 0 aliphatic carbocycles. The summed E-state index contributed by atoms with van der Waals surface area (Å²) in [5.74, 6) is 0. The van der Waals surface area contributed by atoms with E-state index in [2.05, 4.69) is 0 Å². The highest BCUT2D eigenvalue weighted by atomic mass is 16.6. The highest BCUT2D eigenvalue weighted by Gasteiger charge is 2.21. The average Bonchev–Trinajstić information content (AvgIpc) is 2.59. The third-order valence-corrected chi connectivity index (χ3v) is 3.64. The Morgan fingerprint density at radius 1 is 1.20 bits per heavy atom. The summed E-state index contributed by atoms with van der Waals surface area (Å²) in [5, 5.41) is 39.7. The number of aliphatic hydroxyl groups excluding tert-OH is 2. The molecule has 1 aromatic rings. The van der Waals surface area contributed by atoms with Crippen LogP contribution >= 0.6 is 0 Å². The highest BCUT2D eigenvalue weighted by molar-refractivity contribution is 5.66. The molecule has 0 aliphatic rings. The first kappa shape index (κ1) is 20.7. The summed E-state index contributed by atoms with van der Waals surface area (Å²) in [4.78, 5) is 22.1. The van der Waals surface area contributed by atoms with Gasteiger partial charge in [0.2, 0.25) is 0 Å². The van der Waals surface area contributed by atoms with E-state index in [-0.39, 0.29) is 23.7 Å². The molecule has 1 unspecified atom stereocenters. The molecule has 25 heavy (non-hydrogen) atoms. The lowest BCUT2D eigenvalue weighted by atomic mass is 10.2. The number of rotatable bonds is 12. The van der Waals surface area contributed by atoms with Gasteiger partial charge in [0, 0.05) is 26.3 Å². The predicted molar refractivity (Wildman–Crippen MR) is 90.8 cm³/mol. The topological polar surface area (TPSA) is 139 Å². The van der Waals surface area contributed by atoms with Crippen LogP contribution in [0.4, 0.5) is 17.1 Å². The minimum absolute atomic E-state index is 0.250. The van der Waals surface area contributed by atoms with Crippen molar-refractivity contribution in [3.63, 3.8) is 0 Å². The zero-order valence-corrected chi connectivity index (χ0v) is 14.0. The molecule has 2 N–H and O–H groups in total. The number of nitro groups is 2. The van der Waals surface area contributed by atoms with Crippen LogP contribution in [0, 0.1) is 20.2 Å². The first-order chi connectivity index (χ1) is 11.9. The molecule has 1 aromatic carbocycles. The van der Waals surface area contributed by atoms with Gasteiger partial charge < -0.3 is 19.8 Å². The average molecular weight is 357 g/mol. The fourth-order valence-electron chi connectivity index (χ4n) is 2.19. The van der Waals surface area contributed by atoms with Crippen LogP contribution < -0.4 is 4.90 Å². The molecule has 0 saturated heterocycles. The van der Waals surface area contributed by atoms with Crippen LogP contribution in [0.3, 0.4) is 0 Å². The molecule has 0 amide bonds. The van der Waals surface area contributed by atoms with E-state index < -0.39 is 16.0 Å². The number of unbranched alkanes of at least 4 members (excludes halogenated alkanes) is 1. The SMILES string of the molecule is CN(CCOCCCCC(O)CO)c1ccc([N+](=O)[O-])cc1[N+](=O)[O-]. The normalized spacial score (nSPS) is 12.0. The maximum absolute atomic E-state index is 11.1. The van der Waals surface area contributed by atoms with Crippen molar-refractivity contribution in [2.45, 2.75) is 25.4 Å². The second-order valence-corrected chi connectivity index (χ2v) is 5.55. The quantitative estimate of drug-likeness (QED) is 0.326. The molecule has 1 rings (SSSR count). The summed E-state index contributed by atoms with van der Waals surface area (Å²) < 4.78 is 5.44. The van der Waals surface area contributed by atoms with Crippen molar-refractivity contribution in [2.24, 2.45) is 0 Å². The van der Waals surface area contributed by atoms with Gasteiger partial charge in [-0.15, -0.1) is 0 Å². The molecule has 0 bridgehead atoms. The first-order valence-electron chi connectivity index (χ1n) is 7.87. The third-order valence-electron chi connectivity index (χ3n) is 3.64. The Morgan fingerprint density at radius 2 is 1.92 bits per heavy atom. The number of aliphatic hydroxyl groups is 2. The van der Waals surface area contributed by atoms with Crippen molar-refractivity contribution in [3.05, 3.63) is 38.4 Å². The number of non-ortho nitro benzene ring substituents is 1. The first-order valence-corrected chi connectivity index (χ1v) is 7.87. The van der Waals surface area contributed by atoms with E-state index in [1.54, 1.807) is 11.9 Å². The summed E-state index contributed by atoms with van der Waals surface area (Å²) in [7, 11) is 1.65.